The number of carbonyl (C=O) groups is 1. The maximum Gasteiger partial charge on any atom is 0.284 e. The second kappa shape index (κ2) is 8.36. The summed E-state index contributed by atoms with van der Waals surface area (Å²) in [7, 11) is 0. The van der Waals surface area contributed by atoms with Crippen molar-refractivity contribution in [3.8, 4) is 17.2 Å². The molecule has 0 bridgehead atoms. The molecule has 8 heteroatoms. The number of amides is 1. The van der Waals surface area contributed by atoms with Crippen LogP contribution in [-0.2, 0) is 4.79 Å². The van der Waals surface area contributed by atoms with Gasteiger partial charge in [0.1, 0.15) is 11.8 Å². The first-order valence-electron chi connectivity index (χ1n) is 10.1. The van der Waals surface area contributed by atoms with Crippen molar-refractivity contribution in [3.05, 3.63) is 83.1 Å². The van der Waals surface area contributed by atoms with Crippen molar-refractivity contribution in [1.82, 2.24) is 15.2 Å². The average Bonchev–Trinajstić information content (AvgIpc) is 3.11. The Morgan fingerprint density at radius 1 is 1.12 bits per heavy atom. The standard InChI is InChI=1S/C24H19ClN4O3/c1-15-19(23(25)29(28-15)18-9-3-2-4-10-18)13-26-27-24(30)22-14-31-20-11-16-7-5-6-8-17(16)12-21(20)32-22/h2-13,22H,14H2,1H3,(H,27,30)/b26-13-. The number of hydrogen-bond acceptors (Lipinski definition) is 5. The third-order valence-electron chi connectivity index (χ3n) is 5.18. The summed E-state index contributed by atoms with van der Waals surface area (Å²) < 4.78 is 13.2. The van der Waals surface area contributed by atoms with E-state index in [9.17, 15) is 4.79 Å². The molecular weight excluding hydrogens is 428 g/mol. The molecule has 5 rings (SSSR count). The zero-order valence-electron chi connectivity index (χ0n) is 17.2. The number of aryl methyl sites for hydroxylation is 1. The average molecular weight is 447 g/mol. The van der Waals surface area contributed by atoms with Gasteiger partial charge in [-0.15, -0.1) is 0 Å². The summed E-state index contributed by atoms with van der Waals surface area (Å²) in [6.45, 7) is 1.92. The van der Waals surface area contributed by atoms with Gasteiger partial charge in [0.2, 0.25) is 6.10 Å². The molecule has 0 aliphatic carbocycles. The van der Waals surface area contributed by atoms with Gasteiger partial charge in [-0.05, 0) is 42.0 Å². The first-order valence-corrected chi connectivity index (χ1v) is 10.4. The minimum absolute atomic E-state index is 0.0957. The summed E-state index contributed by atoms with van der Waals surface area (Å²) in [5.74, 6) is 0.735. The number of ether oxygens (including phenoxy) is 2. The summed E-state index contributed by atoms with van der Waals surface area (Å²) in [5.41, 5.74) is 4.65. The number of halogens is 1. The summed E-state index contributed by atoms with van der Waals surface area (Å²) in [6, 6.07) is 21.2. The van der Waals surface area contributed by atoms with Gasteiger partial charge in [0, 0.05) is 0 Å². The molecule has 3 aromatic carbocycles. The fourth-order valence-corrected chi connectivity index (χ4v) is 3.84. The number of benzene rings is 3. The Hall–Kier alpha value is -3.84. The van der Waals surface area contributed by atoms with E-state index >= 15 is 0 Å². The van der Waals surface area contributed by atoms with E-state index in [1.54, 1.807) is 4.68 Å². The lowest BCUT2D eigenvalue weighted by atomic mass is 10.1. The van der Waals surface area contributed by atoms with E-state index in [0.717, 1.165) is 16.5 Å². The lowest BCUT2D eigenvalue weighted by molar-refractivity contribution is -0.130. The molecule has 1 aliphatic heterocycles. The fourth-order valence-electron chi connectivity index (χ4n) is 3.52. The van der Waals surface area contributed by atoms with Crippen LogP contribution in [0, 0.1) is 6.92 Å². The molecule has 1 N–H and O–H groups in total. The molecule has 1 atom stereocenters. The fraction of sp³-hybridized carbons (Fsp3) is 0.125. The Morgan fingerprint density at radius 3 is 2.56 bits per heavy atom. The summed E-state index contributed by atoms with van der Waals surface area (Å²) in [5, 5.41) is 11.0. The van der Waals surface area contributed by atoms with Crippen LogP contribution in [0.4, 0.5) is 0 Å². The molecule has 2 heterocycles. The monoisotopic (exact) mass is 446 g/mol. The van der Waals surface area contributed by atoms with Crippen LogP contribution in [0.2, 0.25) is 5.15 Å². The molecule has 32 heavy (non-hydrogen) atoms. The Kier molecular flexibility index (Phi) is 5.25. The van der Waals surface area contributed by atoms with Crippen LogP contribution in [0.25, 0.3) is 16.5 Å². The van der Waals surface area contributed by atoms with Gasteiger partial charge < -0.3 is 9.47 Å². The highest BCUT2D eigenvalue weighted by atomic mass is 35.5. The van der Waals surface area contributed by atoms with E-state index in [4.69, 9.17) is 21.1 Å². The van der Waals surface area contributed by atoms with Crippen molar-refractivity contribution in [1.29, 1.82) is 0 Å². The zero-order valence-corrected chi connectivity index (χ0v) is 17.9. The molecule has 7 nitrogen and oxygen atoms in total. The number of para-hydroxylation sites is 1. The van der Waals surface area contributed by atoms with Crippen molar-refractivity contribution in [2.75, 3.05) is 6.61 Å². The molecule has 1 aromatic heterocycles. The Labute approximate surface area is 189 Å². The number of hydrogen-bond donors (Lipinski definition) is 1. The van der Waals surface area contributed by atoms with E-state index in [1.165, 1.54) is 6.21 Å². The van der Waals surface area contributed by atoms with Crippen LogP contribution in [0.5, 0.6) is 11.5 Å². The molecule has 0 fully saturated rings. The van der Waals surface area contributed by atoms with E-state index in [2.05, 4.69) is 15.6 Å². The smallest absolute Gasteiger partial charge is 0.284 e. The molecular formula is C24H19ClN4O3. The van der Waals surface area contributed by atoms with Gasteiger partial charge in [-0.25, -0.2) is 10.1 Å². The number of nitrogens with one attached hydrogen (secondary N) is 1. The molecule has 0 spiro atoms. The SMILES string of the molecule is Cc1nn(-c2ccccc2)c(Cl)c1/C=N\NC(=O)C1COc2cc3ccccc3cc2O1. The Balaban J connectivity index is 1.28. The van der Waals surface area contributed by atoms with Crippen molar-refractivity contribution < 1.29 is 14.3 Å². The lowest BCUT2D eigenvalue weighted by Crippen LogP contribution is -2.42. The third-order valence-corrected chi connectivity index (χ3v) is 5.54. The van der Waals surface area contributed by atoms with Crippen molar-refractivity contribution in [3.63, 3.8) is 0 Å². The van der Waals surface area contributed by atoms with Crippen LogP contribution >= 0.6 is 11.6 Å². The van der Waals surface area contributed by atoms with Crippen LogP contribution in [0.15, 0.2) is 71.8 Å². The number of nitrogens with zero attached hydrogens (tertiary/aromatic N) is 3. The molecule has 1 unspecified atom stereocenters. The largest absolute Gasteiger partial charge is 0.485 e. The molecule has 0 saturated carbocycles. The molecule has 1 aliphatic rings. The van der Waals surface area contributed by atoms with Gasteiger partial charge in [-0.1, -0.05) is 54.1 Å². The maximum atomic E-state index is 12.6. The lowest BCUT2D eigenvalue weighted by Gasteiger charge is -2.25. The molecule has 160 valence electrons. The Morgan fingerprint density at radius 2 is 1.81 bits per heavy atom. The first kappa shape index (κ1) is 20.1. The van der Waals surface area contributed by atoms with Crippen molar-refractivity contribution in [2.45, 2.75) is 13.0 Å². The summed E-state index contributed by atoms with van der Waals surface area (Å²) >= 11 is 6.48. The predicted octanol–water partition coefficient (Wildman–Crippen LogP) is 4.28. The minimum atomic E-state index is -0.815. The molecule has 4 aromatic rings. The highest BCUT2D eigenvalue weighted by Gasteiger charge is 2.27. The second-order valence-electron chi connectivity index (χ2n) is 7.34. The minimum Gasteiger partial charge on any atom is -0.485 e. The number of hydrazone groups is 1. The normalized spacial score (nSPS) is 15.2. The second-order valence-corrected chi connectivity index (χ2v) is 7.69. The quantitative estimate of drug-likeness (QED) is 0.375. The highest BCUT2D eigenvalue weighted by molar-refractivity contribution is 6.32. The highest BCUT2D eigenvalue weighted by Crippen LogP contribution is 2.35. The van der Waals surface area contributed by atoms with Gasteiger partial charge >= 0.3 is 0 Å². The van der Waals surface area contributed by atoms with Gasteiger partial charge in [0.25, 0.3) is 5.91 Å². The van der Waals surface area contributed by atoms with Crippen LogP contribution in [0.1, 0.15) is 11.3 Å². The van der Waals surface area contributed by atoms with Crippen LogP contribution in [0.3, 0.4) is 0 Å². The Bertz CT molecular complexity index is 1330. The van der Waals surface area contributed by atoms with Gasteiger partial charge in [-0.3, -0.25) is 4.79 Å². The van der Waals surface area contributed by atoms with Crippen molar-refractivity contribution in [2.24, 2.45) is 5.10 Å². The topological polar surface area (TPSA) is 77.7 Å². The number of rotatable bonds is 4. The van der Waals surface area contributed by atoms with Gasteiger partial charge in [-0.2, -0.15) is 10.2 Å². The van der Waals surface area contributed by atoms with Crippen LogP contribution < -0.4 is 14.9 Å². The van der Waals surface area contributed by atoms with Gasteiger partial charge in [0.15, 0.2) is 11.5 Å². The number of carbonyl (C=O) groups excluding carboxylic acids is 1. The molecule has 1 amide bonds. The van der Waals surface area contributed by atoms with E-state index in [0.29, 0.717) is 27.9 Å². The molecule has 0 saturated heterocycles. The third kappa shape index (κ3) is 3.78. The predicted molar refractivity (Wildman–Crippen MR) is 123 cm³/mol. The van der Waals surface area contributed by atoms with E-state index < -0.39 is 12.0 Å². The maximum absolute atomic E-state index is 12.6. The molecule has 0 radical (unpaired) electrons. The van der Waals surface area contributed by atoms with Crippen LogP contribution in [-0.4, -0.2) is 34.6 Å². The zero-order chi connectivity index (χ0) is 22.1. The van der Waals surface area contributed by atoms with Crippen molar-refractivity contribution >= 4 is 34.5 Å². The summed E-state index contributed by atoms with van der Waals surface area (Å²) in [6.07, 6.45) is 0.664. The van der Waals surface area contributed by atoms with Gasteiger partial charge in [0.05, 0.1) is 23.2 Å². The first-order chi connectivity index (χ1) is 15.6. The van der Waals surface area contributed by atoms with E-state index in [1.807, 2.05) is 73.7 Å². The number of aromatic nitrogens is 2. The summed E-state index contributed by atoms with van der Waals surface area (Å²) in [4.78, 5) is 12.6. The van der Waals surface area contributed by atoms with E-state index in [-0.39, 0.29) is 6.61 Å². The number of fused-ring (bicyclic) bond motifs is 2.